The first-order valence-electron chi connectivity index (χ1n) is 6.68. The fraction of sp³-hybridized carbons (Fsp3) is 0.846. The fourth-order valence-electron chi connectivity index (χ4n) is 3.32. The van der Waals surface area contributed by atoms with E-state index in [1.165, 1.54) is 0 Å². The van der Waals surface area contributed by atoms with Crippen molar-refractivity contribution in [2.24, 2.45) is 5.41 Å². The van der Waals surface area contributed by atoms with Crippen molar-refractivity contribution in [3.8, 4) is 0 Å². The van der Waals surface area contributed by atoms with Crippen LogP contribution in [0.4, 0.5) is 0 Å². The summed E-state index contributed by atoms with van der Waals surface area (Å²) in [4.78, 5) is 24.4. The van der Waals surface area contributed by atoms with Crippen molar-refractivity contribution in [2.45, 2.75) is 51.0 Å². The number of carboxylic acid groups (broad SMARTS) is 1. The lowest BCUT2D eigenvalue weighted by Crippen LogP contribution is -2.41. The predicted molar refractivity (Wildman–Crippen MR) is 65.0 cm³/mol. The van der Waals surface area contributed by atoms with Gasteiger partial charge in [0.1, 0.15) is 0 Å². The Morgan fingerprint density at radius 3 is 2.50 bits per heavy atom. The number of nitrogens with zero attached hydrogens (tertiary/aromatic N) is 1. The molecule has 1 saturated carbocycles. The van der Waals surface area contributed by atoms with Gasteiger partial charge in [-0.15, -0.1) is 0 Å². The molecule has 2 rings (SSSR count). The molecule has 1 aliphatic heterocycles. The van der Waals surface area contributed by atoms with E-state index in [-0.39, 0.29) is 24.2 Å². The zero-order valence-electron chi connectivity index (χ0n) is 10.6. The van der Waals surface area contributed by atoms with Crippen LogP contribution in [0.3, 0.4) is 0 Å². The number of β-amino-alcohol motifs (C(OH)–C–C–N with tert-alkyl or cyclic N) is 1. The summed E-state index contributed by atoms with van der Waals surface area (Å²) in [7, 11) is 0. The van der Waals surface area contributed by atoms with Gasteiger partial charge in [0.15, 0.2) is 0 Å². The second kappa shape index (κ2) is 5.26. The zero-order chi connectivity index (χ0) is 13.2. The molecule has 2 fully saturated rings. The van der Waals surface area contributed by atoms with E-state index in [1.54, 1.807) is 4.90 Å². The first-order valence-corrected chi connectivity index (χ1v) is 6.68. The molecule has 102 valence electrons. The van der Waals surface area contributed by atoms with Crippen molar-refractivity contribution < 1.29 is 19.8 Å². The highest BCUT2D eigenvalue weighted by Gasteiger charge is 2.39. The van der Waals surface area contributed by atoms with Crippen LogP contribution in [0.15, 0.2) is 0 Å². The number of likely N-dealkylation sites (tertiary alicyclic amines) is 1. The molecule has 5 nitrogen and oxygen atoms in total. The SMILES string of the molecule is O=C(O)CC1(CN2CC(O)CC2=O)CCCCC1. The van der Waals surface area contributed by atoms with Crippen LogP contribution in [0.2, 0.25) is 0 Å². The van der Waals surface area contributed by atoms with E-state index in [2.05, 4.69) is 0 Å². The van der Waals surface area contributed by atoms with Gasteiger partial charge < -0.3 is 15.1 Å². The number of aliphatic carboxylic acids is 1. The van der Waals surface area contributed by atoms with Crippen LogP contribution in [0.5, 0.6) is 0 Å². The first kappa shape index (κ1) is 13.3. The number of carbonyl (C=O) groups excluding carboxylic acids is 1. The van der Waals surface area contributed by atoms with Crippen molar-refractivity contribution in [3.63, 3.8) is 0 Å². The highest BCUT2D eigenvalue weighted by atomic mass is 16.4. The summed E-state index contributed by atoms with van der Waals surface area (Å²) in [6.45, 7) is 0.857. The van der Waals surface area contributed by atoms with Crippen LogP contribution in [0.1, 0.15) is 44.9 Å². The lowest BCUT2D eigenvalue weighted by Gasteiger charge is -2.39. The Morgan fingerprint density at radius 1 is 1.33 bits per heavy atom. The van der Waals surface area contributed by atoms with Gasteiger partial charge in [0.2, 0.25) is 5.91 Å². The summed E-state index contributed by atoms with van der Waals surface area (Å²) in [6, 6.07) is 0. The molecule has 0 spiro atoms. The van der Waals surface area contributed by atoms with E-state index >= 15 is 0 Å². The highest BCUT2D eigenvalue weighted by molar-refractivity contribution is 5.79. The third-order valence-corrected chi connectivity index (χ3v) is 4.16. The molecule has 0 radical (unpaired) electrons. The van der Waals surface area contributed by atoms with Gasteiger partial charge in [0, 0.05) is 13.1 Å². The van der Waals surface area contributed by atoms with Crippen LogP contribution in [0, 0.1) is 5.41 Å². The van der Waals surface area contributed by atoms with Gasteiger partial charge >= 0.3 is 5.97 Å². The number of aliphatic hydroxyl groups is 1. The molecule has 1 amide bonds. The second-order valence-electron chi connectivity index (χ2n) is 5.76. The van der Waals surface area contributed by atoms with Crippen molar-refractivity contribution in [3.05, 3.63) is 0 Å². The average Bonchev–Trinajstić information content (AvgIpc) is 2.57. The first-order chi connectivity index (χ1) is 8.51. The largest absolute Gasteiger partial charge is 0.481 e. The minimum atomic E-state index is -0.788. The Bertz CT molecular complexity index is 336. The summed E-state index contributed by atoms with van der Waals surface area (Å²) in [5.41, 5.74) is -0.274. The third kappa shape index (κ3) is 3.02. The van der Waals surface area contributed by atoms with Gasteiger partial charge in [-0.3, -0.25) is 9.59 Å². The van der Waals surface area contributed by atoms with Crippen molar-refractivity contribution in [1.29, 1.82) is 0 Å². The number of carboxylic acids is 1. The van der Waals surface area contributed by atoms with Gasteiger partial charge in [-0.25, -0.2) is 0 Å². The molecule has 0 aromatic heterocycles. The molecule has 5 heteroatoms. The Balaban J connectivity index is 2.05. The summed E-state index contributed by atoms with van der Waals surface area (Å²) in [5, 5.41) is 18.6. The number of amides is 1. The van der Waals surface area contributed by atoms with Gasteiger partial charge in [-0.1, -0.05) is 19.3 Å². The molecule has 1 atom stereocenters. The maximum absolute atomic E-state index is 11.7. The Hall–Kier alpha value is -1.10. The van der Waals surface area contributed by atoms with Crippen LogP contribution < -0.4 is 0 Å². The standard InChI is InChI=1S/C13H21NO4/c15-10-6-11(16)14(8-10)9-13(7-12(17)18)4-2-1-3-5-13/h10,15H,1-9H2,(H,17,18). The second-order valence-corrected chi connectivity index (χ2v) is 5.76. The molecule has 1 unspecified atom stereocenters. The van der Waals surface area contributed by atoms with Gasteiger partial charge in [-0.05, 0) is 18.3 Å². The monoisotopic (exact) mass is 255 g/mol. The molecule has 2 aliphatic rings. The van der Waals surface area contributed by atoms with Crippen LogP contribution >= 0.6 is 0 Å². The van der Waals surface area contributed by atoms with Gasteiger partial charge in [-0.2, -0.15) is 0 Å². The minimum Gasteiger partial charge on any atom is -0.481 e. The molecule has 0 aromatic rings. The maximum atomic E-state index is 11.7. The summed E-state index contributed by atoms with van der Waals surface area (Å²) >= 11 is 0. The van der Waals surface area contributed by atoms with E-state index in [9.17, 15) is 14.7 Å². The molecular weight excluding hydrogens is 234 g/mol. The Labute approximate surface area is 107 Å². The average molecular weight is 255 g/mol. The molecule has 2 N–H and O–H groups in total. The zero-order valence-corrected chi connectivity index (χ0v) is 10.6. The van der Waals surface area contributed by atoms with E-state index in [1.807, 2.05) is 0 Å². The number of hydrogen-bond donors (Lipinski definition) is 2. The molecule has 1 aliphatic carbocycles. The molecular formula is C13H21NO4. The minimum absolute atomic E-state index is 0.0437. The smallest absolute Gasteiger partial charge is 0.303 e. The highest BCUT2D eigenvalue weighted by Crippen LogP contribution is 2.40. The predicted octanol–water partition coefficient (Wildman–Crippen LogP) is 1.00. The topological polar surface area (TPSA) is 77.8 Å². The van der Waals surface area contributed by atoms with Crippen LogP contribution in [-0.2, 0) is 9.59 Å². The van der Waals surface area contributed by atoms with Crippen molar-refractivity contribution in [2.75, 3.05) is 13.1 Å². The van der Waals surface area contributed by atoms with E-state index in [0.717, 1.165) is 32.1 Å². The lowest BCUT2D eigenvalue weighted by atomic mass is 9.71. The van der Waals surface area contributed by atoms with E-state index in [0.29, 0.717) is 13.1 Å². The van der Waals surface area contributed by atoms with Crippen LogP contribution in [-0.4, -0.2) is 46.2 Å². The molecule has 1 saturated heterocycles. The molecule has 1 heterocycles. The van der Waals surface area contributed by atoms with E-state index in [4.69, 9.17) is 5.11 Å². The lowest BCUT2D eigenvalue weighted by molar-refractivity contribution is -0.142. The fourth-order valence-corrected chi connectivity index (χ4v) is 3.32. The molecule has 18 heavy (non-hydrogen) atoms. The van der Waals surface area contributed by atoms with Crippen LogP contribution in [0.25, 0.3) is 0 Å². The number of aliphatic hydroxyl groups excluding tert-OH is 1. The number of rotatable bonds is 4. The third-order valence-electron chi connectivity index (χ3n) is 4.16. The summed E-state index contributed by atoms with van der Waals surface area (Å²) in [5.74, 6) is -0.832. The van der Waals surface area contributed by atoms with Crippen molar-refractivity contribution >= 4 is 11.9 Å². The quantitative estimate of drug-likeness (QED) is 0.785. The Morgan fingerprint density at radius 2 is 2.00 bits per heavy atom. The van der Waals surface area contributed by atoms with E-state index < -0.39 is 12.1 Å². The summed E-state index contributed by atoms with van der Waals surface area (Å²) in [6.07, 6.45) is 4.71. The van der Waals surface area contributed by atoms with Gasteiger partial charge in [0.25, 0.3) is 0 Å². The number of carbonyl (C=O) groups is 2. The van der Waals surface area contributed by atoms with Gasteiger partial charge in [0.05, 0.1) is 18.9 Å². The summed E-state index contributed by atoms with van der Waals surface area (Å²) < 4.78 is 0. The maximum Gasteiger partial charge on any atom is 0.303 e. The normalized spacial score (nSPS) is 27.5. The molecule has 0 aromatic carbocycles. The molecule has 0 bridgehead atoms. The Kier molecular flexibility index (Phi) is 3.90. The van der Waals surface area contributed by atoms with Crippen molar-refractivity contribution in [1.82, 2.24) is 4.90 Å². The number of hydrogen-bond acceptors (Lipinski definition) is 3.